The van der Waals surface area contributed by atoms with Gasteiger partial charge in [0.1, 0.15) is 0 Å². The van der Waals surface area contributed by atoms with Crippen molar-refractivity contribution in [2.45, 2.75) is 64.2 Å². The van der Waals surface area contributed by atoms with E-state index in [-0.39, 0.29) is 16.6 Å². The first-order chi connectivity index (χ1) is 14.7. The Labute approximate surface area is 184 Å². The van der Waals surface area contributed by atoms with E-state index in [4.69, 9.17) is 12.2 Å². The van der Waals surface area contributed by atoms with Crippen LogP contribution in [0.4, 0.5) is 0 Å². The van der Waals surface area contributed by atoms with Crippen molar-refractivity contribution in [3.63, 3.8) is 0 Å². The molecule has 30 heavy (non-hydrogen) atoms. The molecule has 1 nitrogen and oxygen atoms in total. The second-order valence-corrected chi connectivity index (χ2v) is 10.2. The van der Waals surface area contributed by atoms with Crippen molar-refractivity contribution in [3.8, 4) is 0 Å². The van der Waals surface area contributed by atoms with E-state index in [1.165, 1.54) is 74.6 Å². The molecule has 2 aromatic carbocycles. The molecule has 0 radical (unpaired) electrons. The third kappa shape index (κ3) is 2.29. The Balaban J connectivity index is 1.70. The third-order valence-corrected chi connectivity index (χ3v) is 9.15. The molecule has 0 unspecified atom stereocenters. The van der Waals surface area contributed by atoms with Gasteiger partial charge in [0, 0.05) is 26.8 Å². The molecule has 152 valence electrons. The van der Waals surface area contributed by atoms with Gasteiger partial charge in [-0.2, -0.15) is 0 Å². The monoisotopic (exact) mass is 412 g/mol. The van der Waals surface area contributed by atoms with E-state index in [9.17, 15) is 4.79 Å². The summed E-state index contributed by atoms with van der Waals surface area (Å²) in [5.74, 6) is 0.169. The highest BCUT2D eigenvalue weighted by Gasteiger charge is 2.64. The zero-order chi connectivity index (χ0) is 20.3. The Morgan fingerprint density at radius 2 is 1.00 bits per heavy atom. The Hall–Kier alpha value is -2.06. The number of hydrogen-bond donors (Lipinski definition) is 0. The Bertz CT molecular complexity index is 1010. The number of rotatable bonds is 0. The van der Waals surface area contributed by atoms with E-state index < -0.39 is 0 Å². The van der Waals surface area contributed by atoms with Gasteiger partial charge < -0.3 is 0 Å². The molecule has 3 fully saturated rings. The molecule has 0 heterocycles. The molecule has 4 aliphatic carbocycles. The van der Waals surface area contributed by atoms with E-state index >= 15 is 0 Å². The van der Waals surface area contributed by atoms with Crippen LogP contribution in [0.1, 0.15) is 91.3 Å². The third-order valence-electron chi connectivity index (χ3n) is 8.37. The maximum absolute atomic E-state index is 13.3. The molecule has 2 heteroatoms. The van der Waals surface area contributed by atoms with Crippen molar-refractivity contribution in [2.24, 2.45) is 10.8 Å². The first kappa shape index (κ1) is 18.7. The van der Waals surface area contributed by atoms with Crippen LogP contribution < -0.4 is 0 Å². The van der Waals surface area contributed by atoms with Crippen LogP contribution in [0, 0.1) is 10.8 Å². The van der Waals surface area contributed by atoms with Crippen molar-refractivity contribution < 1.29 is 4.79 Å². The van der Waals surface area contributed by atoms with Gasteiger partial charge in [-0.3, -0.25) is 4.79 Å². The average Bonchev–Trinajstić information content (AvgIpc) is 2.82. The number of carbonyl (C=O) groups is 1. The van der Waals surface area contributed by atoms with Gasteiger partial charge in [-0.1, -0.05) is 99.3 Å². The fourth-order valence-corrected chi connectivity index (χ4v) is 7.79. The summed E-state index contributed by atoms with van der Waals surface area (Å²) >= 11 is 6.31. The largest absolute Gasteiger partial charge is 0.289 e. The molecule has 0 aromatic heterocycles. The van der Waals surface area contributed by atoms with Crippen LogP contribution in [0.15, 0.2) is 54.1 Å². The average molecular weight is 413 g/mol. The van der Waals surface area contributed by atoms with Gasteiger partial charge in [0.25, 0.3) is 0 Å². The van der Waals surface area contributed by atoms with Crippen molar-refractivity contribution >= 4 is 28.4 Å². The molecule has 2 spiro atoms. The fourth-order valence-electron chi connectivity index (χ4n) is 7.18. The second-order valence-electron chi connectivity index (χ2n) is 9.78. The molecular formula is C28H28OS. The maximum atomic E-state index is 13.3. The summed E-state index contributed by atoms with van der Waals surface area (Å²) in [6, 6.07) is 16.6. The lowest BCUT2D eigenvalue weighted by atomic mass is 9.40. The number of ketones is 1. The summed E-state index contributed by atoms with van der Waals surface area (Å²) in [6.07, 6.45) is 12.5. The molecule has 0 aliphatic heterocycles. The highest BCUT2D eigenvalue weighted by molar-refractivity contribution is 7.80. The summed E-state index contributed by atoms with van der Waals surface area (Å²) in [7, 11) is 0. The molecule has 0 N–H and O–H groups in total. The van der Waals surface area contributed by atoms with E-state index in [1.54, 1.807) is 5.57 Å². The highest BCUT2D eigenvalue weighted by Crippen LogP contribution is 2.70. The molecule has 0 amide bonds. The molecule has 0 bridgehead atoms. The number of fused-ring (bicyclic) bond motifs is 2. The fraction of sp³-hybridized carbons (Fsp3) is 0.429. The van der Waals surface area contributed by atoms with E-state index in [1.807, 2.05) is 24.3 Å². The molecule has 2 aromatic rings. The van der Waals surface area contributed by atoms with Gasteiger partial charge in [-0.25, -0.2) is 0 Å². The van der Waals surface area contributed by atoms with Crippen LogP contribution in [-0.4, -0.2) is 10.6 Å². The van der Waals surface area contributed by atoms with Crippen LogP contribution in [-0.2, 0) is 0 Å². The van der Waals surface area contributed by atoms with E-state index in [2.05, 4.69) is 24.3 Å². The predicted octanol–water partition coefficient (Wildman–Crippen LogP) is 7.32. The number of allylic oxidation sites excluding steroid dienone is 1. The van der Waals surface area contributed by atoms with Crippen LogP contribution >= 0.6 is 12.2 Å². The lowest BCUT2D eigenvalue weighted by molar-refractivity contribution is 0.103. The number of thiocarbonyl (C=S) groups is 1. The maximum Gasteiger partial charge on any atom is 0.194 e. The van der Waals surface area contributed by atoms with Crippen LogP contribution in [0.5, 0.6) is 0 Å². The van der Waals surface area contributed by atoms with Crippen molar-refractivity contribution in [3.05, 3.63) is 76.4 Å². The molecule has 6 rings (SSSR count). The van der Waals surface area contributed by atoms with Crippen LogP contribution in [0.25, 0.3) is 5.57 Å². The van der Waals surface area contributed by atoms with Gasteiger partial charge in [-0.05, 0) is 48.0 Å². The van der Waals surface area contributed by atoms with Gasteiger partial charge in [-0.15, -0.1) is 0 Å². The Kier molecular flexibility index (Phi) is 4.19. The summed E-state index contributed by atoms with van der Waals surface area (Å²) < 4.78 is 0. The number of benzene rings is 2. The van der Waals surface area contributed by atoms with Crippen molar-refractivity contribution in [1.29, 1.82) is 0 Å². The summed E-state index contributed by atoms with van der Waals surface area (Å²) in [5, 5.41) is 0. The van der Waals surface area contributed by atoms with E-state index in [0.717, 1.165) is 22.3 Å². The van der Waals surface area contributed by atoms with Gasteiger partial charge in [0.15, 0.2) is 5.78 Å². The molecule has 4 aliphatic rings. The van der Waals surface area contributed by atoms with Crippen LogP contribution in [0.2, 0.25) is 0 Å². The quantitative estimate of drug-likeness (QED) is 0.360. The lowest BCUT2D eigenvalue weighted by Crippen LogP contribution is -2.61. The second kappa shape index (κ2) is 6.72. The van der Waals surface area contributed by atoms with Crippen LogP contribution in [0.3, 0.4) is 0 Å². The zero-order valence-electron chi connectivity index (χ0n) is 17.5. The molecule has 3 saturated carbocycles. The van der Waals surface area contributed by atoms with Gasteiger partial charge >= 0.3 is 0 Å². The van der Waals surface area contributed by atoms with Crippen molar-refractivity contribution in [1.82, 2.24) is 0 Å². The number of carbonyl (C=O) groups excluding carboxylic acids is 1. The standard InChI is InChI=1S/C28H28OS/c29-24-21-13-5-3-11-19(21)23(20-12-4-6-14-22(20)24)25-27(15-7-1-8-16-27)26(30)28(25)17-9-2-10-18-28/h3-6,11-14H,1-2,7-10,15-18H2. The topological polar surface area (TPSA) is 17.1 Å². The summed E-state index contributed by atoms with van der Waals surface area (Å²) in [6.45, 7) is 0. The minimum absolute atomic E-state index is 0.0842. The zero-order valence-corrected chi connectivity index (χ0v) is 18.3. The highest BCUT2D eigenvalue weighted by atomic mass is 32.1. The Morgan fingerprint density at radius 1 is 0.600 bits per heavy atom. The van der Waals surface area contributed by atoms with Crippen molar-refractivity contribution in [2.75, 3.05) is 0 Å². The molecule has 0 saturated heterocycles. The first-order valence-electron chi connectivity index (χ1n) is 11.7. The molecule has 0 atom stereocenters. The smallest absolute Gasteiger partial charge is 0.194 e. The predicted molar refractivity (Wildman–Crippen MR) is 126 cm³/mol. The van der Waals surface area contributed by atoms with Gasteiger partial charge in [0.05, 0.1) is 0 Å². The lowest BCUT2D eigenvalue weighted by Gasteiger charge is -2.64. The summed E-state index contributed by atoms with van der Waals surface area (Å²) in [5.41, 5.74) is 7.18. The SMILES string of the molecule is O=C1c2ccccc2C(=C2C3(CCCCC3)C(=S)C23CCCCC3)c2ccccc21. The van der Waals surface area contributed by atoms with Gasteiger partial charge in [0.2, 0.25) is 0 Å². The minimum Gasteiger partial charge on any atom is -0.289 e. The number of hydrogen-bond acceptors (Lipinski definition) is 2. The van der Waals surface area contributed by atoms with E-state index in [0.29, 0.717) is 0 Å². The Morgan fingerprint density at radius 3 is 1.43 bits per heavy atom. The summed E-state index contributed by atoms with van der Waals surface area (Å²) in [4.78, 5) is 14.7. The first-order valence-corrected chi connectivity index (χ1v) is 12.1. The molecular weight excluding hydrogens is 384 g/mol. The normalized spacial score (nSPS) is 23.9. The minimum atomic E-state index is 0.0842.